The fourth-order valence-corrected chi connectivity index (χ4v) is 4.11. The van der Waals surface area contributed by atoms with E-state index in [2.05, 4.69) is 4.98 Å². The van der Waals surface area contributed by atoms with E-state index >= 15 is 0 Å². The van der Waals surface area contributed by atoms with Crippen molar-refractivity contribution in [2.24, 2.45) is 0 Å². The lowest BCUT2D eigenvalue weighted by Crippen LogP contribution is -2.42. The zero-order valence-corrected chi connectivity index (χ0v) is 17.7. The van der Waals surface area contributed by atoms with E-state index in [1.807, 2.05) is 37.3 Å². The normalized spacial score (nSPS) is 21.7. The maximum Gasteiger partial charge on any atom is 0.130 e. The molecule has 0 N–H and O–H groups in total. The molecule has 158 valence electrons. The molecule has 4 rings (SSSR count). The number of imidazole rings is 1. The molecule has 0 bridgehead atoms. The fourth-order valence-electron chi connectivity index (χ4n) is 3.83. The van der Waals surface area contributed by atoms with Gasteiger partial charge in [0.15, 0.2) is 0 Å². The Hall–Kier alpha value is -2.25. The minimum atomic E-state index is -0.385. The zero-order valence-electron chi connectivity index (χ0n) is 16.9. The van der Waals surface area contributed by atoms with Crippen LogP contribution < -0.4 is 0 Å². The first kappa shape index (κ1) is 21.0. The Labute approximate surface area is 180 Å². The lowest BCUT2D eigenvalue weighted by molar-refractivity contribution is -0.175. The van der Waals surface area contributed by atoms with Crippen LogP contribution in [0.1, 0.15) is 29.5 Å². The summed E-state index contributed by atoms with van der Waals surface area (Å²) in [6, 6.07) is 12.9. The number of methoxy groups -OCH3 is 1. The van der Waals surface area contributed by atoms with Crippen molar-refractivity contribution < 1.29 is 18.6 Å². The molecule has 7 heteroatoms. The largest absolute Gasteiger partial charge is 0.379 e. The van der Waals surface area contributed by atoms with Gasteiger partial charge in [0.25, 0.3) is 0 Å². The van der Waals surface area contributed by atoms with E-state index in [-0.39, 0.29) is 30.7 Å². The highest BCUT2D eigenvalue weighted by Gasteiger charge is 2.36. The molecule has 1 aromatic heterocycles. The van der Waals surface area contributed by atoms with Crippen molar-refractivity contribution in [3.05, 3.63) is 82.6 Å². The summed E-state index contributed by atoms with van der Waals surface area (Å²) >= 11 is 6.45. The fraction of sp³-hybridized carbons (Fsp3) is 0.348. The van der Waals surface area contributed by atoms with Gasteiger partial charge in [-0.2, -0.15) is 0 Å². The molecule has 0 radical (unpaired) electrons. The van der Waals surface area contributed by atoms with Crippen LogP contribution in [0, 0.1) is 12.7 Å². The summed E-state index contributed by atoms with van der Waals surface area (Å²) in [5.41, 5.74) is 1.94. The molecule has 0 spiro atoms. The van der Waals surface area contributed by atoms with Crippen LogP contribution in [0.5, 0.6) is 0 Å². The number of ether oxygens (including phenoxy) is 3. The predicted molar refractivity (Wildman–Crippen MR) is 112 cm³/mol. The Morgan fingerprint density at radius 2 is 2.07 bits per heavy atom. The molecule has 0 aliphatic carbocycles. The summed E-state index contributed by atoms with van der Waals surface area (Å²) in [5, 5.41) is 0.430. The molecule has 5 nitrogen and oxygen atoms in total. The highest BCUT2D eigenvalue weighted by molar-refractivity contribution is 6.32. The van der Waals surface area contributed by atoms with Gasteiger partial charge in [0, 0.05) is 25.1 Å². The Bertz CT molecular complexity index is 995. The number of hydrogen-bond donors (Lipinski definition) is 0. The predicted octanol–water partition coefficient (Wildman–Crippen LogP) is 5.04. The van der Waals surface area contributed by atoms with Gasteiger partial charge in [0.1, 0.15) is 23.8 Å². The smallest absolute Gasteiger partial charge is 0.130 e. The first-order valence-corrected chi connectivity index (χ1v) is 10.3. The number of hydrogen-bond acceptors (Lipinski definition) is 4. The van der Waals surface area contributed by atoms with Gasteiger partial charge in [0.2, 0.25) is 0 Å². The first-order chi connectivity index (χ1) is 14.6. The second kappa shape index (κ2) is 9.27. The second-order valence-corrected chi connectivity index (χ2v) is 7.69. The third-order valence-corrected chi connectivity index (χ3v) is 5.73. The average Bonchev–Trinajstić information content (AvgIpc) is 3.20. The summed E-state index contributed by atoms with van der Waals surface area (Å²) in [7, 11) is 1.66. The molecule has 3 unspecified atom stereocenters. The van der Waals surface area contributed by atoms with Gasteiger partial charge in [-0.15, -0.1) is 0 Å². The van der Waals surface area contributed by atoms with Crippen LogP contribution >= 0.6 is 11.6 Å². The standard InChI is InChI=1S/C23H24ClFN2O3/c1-15-26-9-10-27(15)20-13-19(25)17(12-18(20)24)14-30-23-21(28-2)8-11-29-22(23)16-6-4-3-5-7-16/h3-7,9-10,12-13,21-23H,8,11,14H2,1-2H3. The molecule has 30 heavy (non-hydrogen) atoms. The number of halogens is 2. The molecule has 0 amide bonds. The highest BCUT2D eigenvalue weighted by Crippen LogP contribution is 2.33. The molecule has 0 saturated carbocycles. The molecule has 2 aromatic carbocycles. The quantitative estimate of drug-likeness (QED) is 0.550. The molecular formula is C23H24ClFN2O3. The second-order valence-electron chi connectivity index (χ2n) is 7.28. The van der Waals surface area contributed by atoms with E-state index in [4.69, 9.17) is 25.8 Å². The molecule has 1 aliphatic heterocycles. The van der Waals surface area contributed by atoms with Gasteiger partial charge < -0.3 is 18.8 Å². The summed E-state index contributed by atoms with van der Waals surface area (Å²) < 4.78 is 34.4. The van der Waals surface area contributed by atoms with Crippen molar-refractivity contribution >= 4 is 11.6 Å². The lowest BCUT2D eigenvalue weighted by Gasteiger charge is -2.37. The van der Waals surface area contributed by atoms with Crippen molar-refractivity contribution in [2.45, 2.75) is 38.3 Å². The highest BCUT2D eigenvalue weighted by atomic mass is 35.5. The van der Waals surface area contributed by atoms with Crippen LogP contribution in [0.25, 0.3) is 5.69 Å². The Morgan fingerprint density at radius 1 is 1.27 bits per heavy atom. The van der Waals surface area contributed by atoms with E-state index in [1.165, 1.54) is 6.07 Å². The van der Waals surface area contributed by atoms with E-state index in [0.717, 1.165) is 11.4 Å². The van der Waals surface area contributed by atoms with Gasteiger partial charge in [-0.3, -0.25) is 0 Å². The molecule has 3 aromatic rings. The topological polar surface area (TPSA) is 45.5 Å². The van der Waals surface area contributed by atoms with Crippen molar-refractivity contribution in [1.82, 2.24) is 9.55 Å². The molecule has 1 saturated heterocycles. The first-order valence-electron chi connectivity index (χ1n) is 9.87. The van der Waals surface area contributed by atoms with Crippen LogP contribution in [0.15, 0.2) is 54.9 Å². The van der Waals surface area contributed by atoms with Crippen molar-refractivity contribution in [1.29, 1.82) is 0 Å². The van der Waals surface area contributed by atoms with Gasteiger partial charge >= 0.3 is 0 Å². The Morgan fingerprint density at radius 3 is 2.77 bits per heavy atom. The molecule has 2 heterocycles. The maximum atomic E-state index is 14.9. The van der Waals surface area contributed by atoms with Gasteiger partial charge in [-0.25, -0.2) is 9.37 Å². The summed E-state index contributed by atoms with van der Waals surface area (Å²) in [6.45, 7) is 2.48. The van der Waals surface area contributed by atoms with Crippen molar-refractivity contribution in [2.75, 3.05) is 13.7 Å². The summed E-state index contributed by atoms with van der Waals surface area (Å²) in [6.07, 6.45) is 3.33. The number of rotatable bonds is 6. The third-order valence-electron chi connectivity index (χ3n) is 5.43. The van der Waals surface area contributed by atoms with E-state index in [0.29, 0.717) is 29.3 Å². The molecular weight excluding hydrogens is 407 g/mol. The maximum absolute atomic E-state index is 14.9. The number of aryl methyl sites for hydroxylation is 1. The summed E-state index contributed by atoms with van der Waals surface area (Å²) in [5.74, 6) is 0.345. The number of benzene rings is 2. The minimum Gasteiger partial charge on any atom is -0.379 e. The van der Waals surface area contributed by atoms with E-state index in [1.54, 1.807) is 30.1 Å². The third kappa shape index (κ3) is 4.27. The monoisotopic (exact) mass is 430 g/mol. The lowest BCUT2D eigenvalue weighted by atomic mass is 9.96. The van der Waals surface area contributed by atoms with Crippen molar-refractivity contribution in [3.63, 3.8) is 0 Å². The van der Waals surface area contributed by atoms with Crippen molar-refractivity contribution in [3.8, 4) is 5.69 Å². The molecule has 1 aliphatic rings. The van der Waals surface area contributed by atoms with Gasteiger partial charge in [-0.1, -0.05) is 41.9 Å². The number of nitrogens with zero attached hydrogens (tertiary/aromatic N) is 2. The zero-order chi connectivity index (χ0) is 21.1. The molecule has 1 fully saturated rings. The number of aromatic nitrogens is 2. The van der Waals surface area contributed by atoms with Gasteiger partial charge in [0.05, 0.1) is 30.0 Å². The van der Waals surface area contributed by atoms with Crippen LogP contribution in [-0.4, -0.2) is 35.5 Å². The SMILES string of the molecule is COC1CCOC(c2ccccc2)C1OCc1cc(Cl)c(-n2ccnc2C)cc1F. The van der Waals surface area contributed by atoms with Crippen LogP contribution in [-0.2, 0) is 20.8 Å². The van der Waals surface area contributed by atoms with E-state index < -0.39 is 0 Å². The Balaban J connectivity index is 1.56. The molecule has 3 atom stereocenters. The van der Waals surface area contributed by atoms with Crippen LogP contribution in [0.4, 0.5) is 4.39 Å². The average molecular weight is 431 g/mol. The summed E-state index contributed by atoms with van der Waals surface area (Å²) in [4.78, 5) is 4.17. The Kier molecular flexibility index (Phi) is 6.49. The minimum absolute atomic E-state index is 0.0615. The van der Waals surface area contributed by atoms with Crippen LogP contribution in [0.3, 0.4) is 0 Å². The van der Waals surface area contributed by atoms with E-state index in [9.17, 15) is 4.39 Å². The van der Waals surface area contributed by atoms with Crippen LogP contribution in [0.2, 0.25) is 5.02 Å². The van der Waals surface area contributed by atoms with Gasteiger partial charge in [-0.05, 0) is 31.0 Å².